The molecule has 1 unspecified atom stereocenters. The molecule has 0 spiro atoms. The Morgan fingerprint density at radius 2 is 1.18 bits per heavy atom. The summed E-state index contributed by atoms with van der Waals surface area (Å²) in [6.45, 7) is -0.583. The van der Waals surface area contributed by atoms with E-state index in [0.29, 0.717) is 19.3 Å². The highest BCUT2D eigenvalue weighted by molar-refractivity contribution is 6.01. The summed E-state index contributed by atoms with van der Waals surface area (Å²) in [5, 5.41) is 42.0. The van der Waals surface area contributed by atoms with E-state index in [1.165, 1.54) is 41.3 Å². The first-order valence-electron chi connectivity index (χ1n) is 12.4. The number of nitrogens with one attached hydrogen (secondary N) is 2. The van der Waals surface area contributed by atoms with E-state index in [2.05, 4.69) is 10.6 Å². The molecular formula is C27H31N3O10. The van der Waals surface area contributed by atoms with Gasteiger partial charge in [0.25, 0.3) is 0 Å². The molecule has 0 aliphatic heterocycles. The Hall–Kier alpha value is -4.78. The zero-order valence-corrected chi connectivity index (χ0v) is 21.5. The number of unbranched alkanes of at least 4 members (excludes halogenated alkanes) is 1. The van der Waals surface area contributed by atoms with Crippen molar-refractivity contribution in [2.75, 3.05) is 30.3 Å². The monoisotopic (exact) mass is 557 g/mol. The number of hydrogen-bond acceptors (Lipinski definition) is 7. The van der Waals surface area contributed by atoms with Crippen molar-refractivity contribution in [1.29, 1.82) is 0 Å². The maximum absolute atomic E-state index is 12.5. The highest BCUT2D eigenvalue weighted by Gasteiger charge is 2.20. The van der Waals surface area contributed by atoms with E-state index in [1.807, 2.05) is 0 Å². The first-order chi connectivity index (χ1) is 19.0. The van der Waals surface area contributed by atoms with Crippen molar-refractivity contribution in [3.63, 3.8) is 0 Å². The average Bonchev–Trinajstić information content (AvgIpc) is 2.86. The number of aromatic carboxylic acids is 2. The second-order valence-electron chi connectivity index (χ2n) is 9.07. The number of amides is 2. The smallest absolute Gasteiger partial charge is 0.337 e. The zero-order chi connectivity index (χ0) is 29.7. The van der Waals surface area contributed by atoms with Crippen LogP contribution >= 0.6 is 0 Å². The third-order valence-electron chi connectivity index (χ3n) is 5.86. The summed E-state index contributed by atoms with van der Waals surface area (Å²) >= 11 is 0. The van der Waals surface area contributed by atoms with Gasteiger partial charge in [0.15, 0.2) is 0 Å². The molecule has 1 atom stereocenters. The van der Waals surface area contributed by atoms with Crippen LogP contribution in [0.4, 0.5) is 11.4 Å². The zero-order valence-electron chi connectivity index (χ0n) is 21.5. The summed E-state index contributed by atoms with van der Waals surface area (Å²) in [6.07, 6.45) is 0.685. The summed E-state index contributed by atoms with van der Waals surface area (Å²) in [5.74, 6) is -6.41. The highest BCUT2D eigenvalue weighted by atomic mass is 16.4. The van der Waals surface area contributed by atoms with E-state index in [1.54, 1.807) is 12.1 Å². The molecule has 2 aromatic rings. The molecular weight excluding hydrogens is 526 g/mol. The number of para-hydroxylation sites is 2. The summed E-state index contributed by atoms with van der Waals surface area (Å²) in [5.41, 5.74) is -0.0288. The number of anilines is 2. The summed E-state index contributed by atoms with van der Waals surface area (Å²) in [6, 6.07) is 11.6. The lowest BCUT2D eigenvalue weighted by Crippen LogP contribution is -2.37. The standard InChI is InChI=1S/C27H31N3O10/c31-22(28-20-10-3-1-8-18(20)26(37)38)13-17(14-24(33)34)7-5-6-12-30(16-25(35)36)15-23(32)29-21-11-4-2-9-19(21)27(39)40/h1-4,8-11,17H,5-7,12-16H2,(H,28,31)(H,29,32)(H,33,34)(H,35,36)(H,37,38)(H,39,40). The first-order valence-corrected chi connectivity index (χ1v) is 12.4. The average molecular weight is 558 g/mol. The van der Waals surface area contributed by atoms with Crippen LogP contribution in [0.15, 0.2) is 48.5 Å². The Morgan fingerprint density at radius 1 is 0.650 bits per heavy atom. The van der Waals surface area contributed by atoms with Crippen LogP contribution in [-0.2, 0) is 19.2 Å². The molecule has 0 aromatic heterocycles. The lowest BCUT2D eigenvalue weighted by molar-refractivity contribution is -0.139. The van der Waals surface area contributed by atoms with Gasteiger partial charge in [-0.25, -0.2) is 9.59 Å². The van der Waals surface area contributed by atoms with Gasteiger partial charge in [-0.15, -0.1) is 0 Å². The molecule has 0 fully saturated rings. The number of nitrogens with zero attached hydrogens (tertiary/aromatic N) is 1. The van der Waals surface area contributed by atoms with Crippen molar-refractivity contribution in [3.8, 4) is 0 Å². The van der Waals surface area contributed by atoms with Crippen LogP contribution < -0.4 is 10.6 Å². The largest absolute Gasteiger partial charge is 0.481 e. The third kappa shape index (κ3) is 10.9. The van der Waals surface area contributed by atoms with Crippen LogP contribution in [-0.4, -0.2) is 80.7 Å². The van der Waals surface area contributed by atoms with Gasteiger partial charge in [-0.05, 0) is 49.6 Å². The summed E-state index contributed by atoms with van der Waals surface area (Å²) in [4.78, 5) is 71.7. The van der Waals surface area contributed by atoms with Gasteiger partial charge in [0, 0.05) is 12.8 Å². The number of hydrogen-bond donors (Lipinski definition) is 6. The van der Waals surface area contributed by atoms with Crippen LogP contribution in [0.5, 0.6) is 0 Å². The number of carbonyl (C=O) groups is 6. The minimum absolute atomic E-state index is 0.0797. The van der Waals surface area contributed by atoms with Crippen molar-refractivity contribution in [2.45, 2.75) is 32.1 Å². The number of aliphatic carboxylic acids is 2. The molecule has 6 N–H and O–H groups in total. The fourth-order valence-corrected chi connectivity index (χ4v) is 4.11. The Morgan fingerprint density at radius 3 is 1.68 bits per heavy atom. The number of benzene rings is 2. The minimum Gasteiger partial charge on any atom is -0.481 e. The predicted molar refractivity (Wildman–Crippen MR) is 142 cm³/mol. The first kappa shape index (κ1) is 31.4. The fourth-order valence-electron chi connectivity index (χ4n) is 4.11. The molecule has 0 bridgehead atoms. The minimum atomic E-state index is -1.23. The van der Waals surface area contributed by atoms with Crippen LogP contribution in [0.3, 0.4) is 0 Å². The molecule has 13 nitrogen and oxygen atoms in total. The van der Waals surface area contributed by atoms with Crippen molar-refractivity contribution >= 4 is 47.1 Å². The Bertz CT molecular complexity index is 1150. The van der Waals surface area contributed by atoms with E-state index in [0.717, 1.165) is 0 Å². The summed E-state index contributed by atoms with van der Waals surface area (Å²) in [7, 11) is 0. The molecule has 0 heterocycles. The van der Waals surface area contributed by atoms with Gasteiger partial charge in [-0.3, -0.25) is 24.1 Å². The van der Waals surface area contributed by atoms with Gasteiger partial charge < -0.3 is 31.1 Å². The predicted octanol–water partition coefficient (Wildman–Crippen LogP) is 2.70. The molecule has 40 heavy (non-hydrogen) atoms. The Balaban J connectivity index is 1.92. The molecule has 0 aliphatic carbocycles. The maximum atomic E-state index is 12.5. The van der Waals surface area contributed by atoms with Gasteiger partial charge in [0.1, 0.15) is 0 Å². The molecule has 2 amide bonds. The third-order valence-corrected chi connectivity index (χ3v) is 5.86. The van der Waals surface area contributed by atoms with E-state index < -0.39 is 48.2 Å². The quantitative estimate of drug-likeness (QED) is 0.156. The van der Waals surface area contributed by atoms with Gasteiger partial charge in [0.05, 0.1) is 35.6 Å². The van der Waals surface area contributed by atoms with Gasteiger partial charge in [-0.1, -0.05) is 30.7 Å². The van der Waals surface area contributed by atoms with Crippen molar-refractivity contribution in [3.05, 3.63) is 59.7 Å². The topological polar surface area (TPSA) is 211 Å². The molecule has 0 radical (unpaired) electrons. The van der Waals surface area contributed by atoms with Gasteiger partial charge in [0.2, 0.25) is 11.8 Å². The highest BCUT2D eigenvalue weighted by Crippen LogP contribution is 2.21. The van der Waals surface area contributed by atoms with E-state index in [4.69, 9.17) is 0 Å². The van der Waals surface area contributed by atoms with Crippen molar-refractivity contribution in [2.24, 2.45) is 5.92 Å². The van der Waals surface area contributed by atoms with Crippen LogP contribution in [0.25, 0.3) is 0 Å². The second kappa shape index (κ2) is 15.6. The molecule has 2 rings (SSSR count). The Kier molecular flexibility index (Phi) is 12.3. The Labute approximate surface area is 229 Å². The lowest BCUT2D eigenvalue weighted by Gasteiger charge is -2.21. The number of carboxylic acid groups (broad SMARTS) is 4. The van der Waals surface area contributed by atoms with Gasteiger partial charge >= 0.3 is 23.9 Å². The van der Waals surface area contributed by atoms with Crippen LogP contribution in [0.1, 0.15) is 52.8 Å². The van der Waals surface area contributed by atoms with E-state index in [9.17, 15) is 49.2 Å². The lowest BCUT2D eigenvalue weighted by atomic mass is 9.94. The fraction of sp³-hybridized carbons (Fsp3) is 0.333. The van der Waals surface area contributed by atoms with Crippen LogP contribution in [0, 0.1) is 5.92 Å². The van der Waals surface area contributed by atoms with E-state index >= 15 is 0 Å². The number of carbonyl (C=O) groups excluding carboxylic acids is 2. The molecule has 2 aromatic carbocycles. The maximum Gasteiger partial charge on any atom is 0.337 e. The molecule has 0 saturated heterocycles. The van der Waals surface area contributed by atoms with E-state index in [-0.39, 0.29) is 48.4 Å². The molecule has 214 valence electrons. The SMILES string of the molecule is O=C(O)CC(CCCCN(CC(=O)O)CC(=O)Nc1ccccc1C(=O)O)CC(=O)Nc1ccccc1C(=O)O. The molecule has 0 saturated carbocycles. The summed E-state index contributed by atoms with van der Waals surface area (Å²) < 4.78 is 0. The molecule has 0 aliphatic rings. The molecule has 13 heteroatoms. The normalized spacial score (nSPS) is 11.4. The van der Waals surface area contributed by atoms with Crippen molar-refractivity contribution in [1.82, 2.24) is 4.90 Å². The van der Waals surface area contributed by atoms with Gasteiger partial charge in [-0.2, -0.15) is 0 Å². The number of rotatable bonds is 17. The number of carboxylic acids is 4. The second-order valence-corrected chi connectivity index (χ2v) is 9.07. The van der Waals surface area contributed by atoms with Crippen molar-refractivity contribution < 1.29 is 49.2 Å². The van der Waals surface area contributed by atoms with Crippen LogP contribution in [0.2, 0.25) is 0 Å².